The number of fused-ring (bicyclic) bond motifs is 2. The Morgan fingerprint density at radius 1 is 1.00 bits per heavy atom. The Morgan fingerprint density at radius 2 is 1.89 bits per heavy atom. The second-order valence-electron chi connectivity index (χ2n) is 6.02. The summed E-state index contributed by atoms with van der Waals surface area (Å²) in [5.41, 5.74) is 2.60. The molecule has 0 unspecified atom stereocenters. The van der Waals surface area contributed by atoms with E-state index >= 15 is 0 Å². The maximum absolute atomic E-state index is 13.0. The van der Waals surface area contributed by atoms with Gasteiger partial charge in [-0.2, -0.15) is 0 Å². The predicted molar refractivity (Wildman–Crippen MR) is 120 cm³/mol. The number of amides is 1. The number of pyridine rings is 1. The Kier molecular flexibility index (Phi) is 4.31. The van der Waals surface area contributed by atoms with Crippen LogP contribution in [0.2, 0.25) is 0 Å². The second-order valence-corrected chi connectivity index (χ2v) is 9.00. The highest BCUT2D eigenvalue weighted by Crippen LogP contribution is 2.37. The number of nitrogens with one attached hydrogen (secondary N) is 2. The Labute approximate surface area is 172 Å². The first kappa shape index (κ1) is 17.3. The minimum Gasteiger partial charge on any atom is -0.386 e. The van der Waals surface area contributed by atoms with Crippen molar-refractivity contribution in [2.45, 2.75) is 0 Å². The average molecular weight is 423 g/mol. The third-order valence-electron chi connectivity index (χ3n) is 4.30. The van der Waals surface area contributed by atoms with Crippen LogP contribution in [-0.2, 0) is 0 Å². The van der Waals surface area contributed by atoms with Crippen LogP contribution in [0.5, 0.6) is 0 Å². The first-order chi connectivity index (χ1) is 13.7. The zero-order chi connectivity index (χ0) is 19.1. The zero-order valence-corrected chi connectivity index (χ0v) is 17.2. The molecule has 1 aromatic carbocycles. The highest BCUT2D eigenvalue weighted by molar-refractivity contribution is 7.23. The monoisotopic (exact) mass is 422 g/mol. The molecule has 0 atom stereocenters. The van der Waals surface area contributed by atoms with Gasteiger partial charge in [-0.25, -0.2) is 9.97 Å². The Bertz CT molecular complexity index is 1270. The van der Waals surface area contributed by atoms with Gasteiger partial charge in [0.1, 0.15) is 9.71 Å². The molecule has 0 aliphatic heterocycles. The summed E-state index contributed by atoms with van der Waals surface area (Å²) in [6, 6.07) is 15.9. The van der Waals surface area contributed by atoms with Gasteiger partial charge in [0.2, 0.25) is 0 Å². The number of rotatable bonds is 4. The maximum Gasteiger partial charge on any atom is 0.269 e. The molecule has 0 aliphatic carbocycles. The van der Waals surface area contributed by atoms with Crippen LogP contribution in [0.4, 0.5) is 10.8 Å². The number of anilines is 2. The number of hydrogen-bond acceptors (Lipinski definition) is 7. The predicted octanol–water partition coefficient (Wildman–Crippen LogP) is 5.93. The standard InChI is InChI=1S/C20H14N4OS3/c1-21-16-11-8-9-13(14-7-4-10-26-14)22-19(11)28-17(16)18(25)24-20-23-12-5-2-3-6-15(12)27-20/h2-10,21H,1H3,(H,23,24,25). The van der Waals surface area contributed by atoms with E-state index < -0.39 is 0 Å². The highest BCUT2D eigenvalue weighted by Gasteiger charge is 2.20. The van der Waals surface area contributed by atoms with Crippen molar-refractivity contribution in [1.29, 1.82) is 0 Å². The summed E-state index contributed by atoms with van der Waals surface area (Å²) >= 11 is 4.51. The zero-order valence-electron chi connectivity index (χ0n) is 14.7. The SMILES string of the molecule is CNc1c(C(=O)Nc2nc3ccccc3s2)sc2nc(-c3cccs3)ccc12. The quantitative estimate of drug-likeness (QED) is 0.377. The lowest BCUT2D eigenvalue weighted by atomic mass is 10.2. The molecule has 8 heteroatoms. The molecular weight excluding hydrogens is 408 g/mol. The molecule has 5 rings (SSSR count). The summed E-state index contributed by atoms with van der Waals surface area (Å²) in [4.78, 5) is 24.8. The molecule has 5 aromatic rings. The van der Waals surface area contributed by atoms with Crippen molar-refractivity contribution in [1.82, 2.24) is 9.97 Å². The number of carbonyl (C=O) groups is 1. The fraction of sp³-hybridized carbons (Fsp3) is 0.0500. The van der Waals surface area contributed by atoms with Crippen LogP contribution in [0.3, 0.4) is 0 Å². The molecule has 1 amide bonds. The van der Waals surface area contributed by atoms with E-state index in [1.807, 2.05) is 61.0 Å². The van der Waals surface area contributed by atoms with Gasteiger partial charge in [-0.3, -0.25) is 10.1 Å². The van der Waals surface area contributed by atoms with E-state index in [1.54, 1.807) is 11.3 Å². The molecule has 4 heterocycles. The molecule has 0 bridgehead atoms. The van der Waals surface area contributed by atoms with Crippen LogP contribution >= 0.6 is 34.0 Å². The number of thiazole rings is 1. The lowest BCUT2D eigenvalue weighted by Gasteiger charge is -2.03. The van der Waals surface area contributed by atoms with E-state index in [9.17, 15) is 4.79 Å². The van der Waals surface area contributed by atoms with Crippen LogP contribution in [0.25, 0.3) is 31.0 Å². The second kappa shape index (κ2) is 6.97. The van der Waals surface area contributed by atoms with Gasteiger partial charge < -0.3 is 5.32 Å². The van der Waals surface area contributed by atoms with Crippen molar-refractivity contribution in [3.8, 4) is 10.6 Å². The summed E-state index contributed by atoms with van der Waals surface area (Å²) in [6.45, 7) is 0. The molecule has 0 aliphatic rings. The van der Waals surface area contributed by atoms with Crippen LogP contribution in [0.15, 0.2) is 53.9 Å². The Hall–Kier alpha value is -2.81. The summed E-state index contributed by atoms with van der Waals surface area (Å²) in [5, 5.41) is 9.68. The minimum atomic E-state index is -0.177. The summed E-state index contributed by atoms with van der Waals surface area (Å²) < 4.78 is 1.05. The van der Waals surface area contributed by atoms with Crippen LogP contribution < -0.4 is 10.6 Å². The number of aromatic nitrogens is 2. The van der Waals surface area contributed by atoms with Gasteiger partial charge in [-0.1, -0.05) is 29.5 Å². The first-order valence-corrected chi connectivity index (χ1v) is 11.1. The number of thiophene rings is 2. The van der Waals surface area contributed by atoms with Crippen molar-refractivity contribution in [2.75, 3.05) is 17.7 Å². The van der Waals surface area contributed by atoms with Gasteiger partial charge >= 0.3 is 0 Å². The molecule has 0 saturated heterocycles. The maximum atomic E-state index is 13.0. The molecule has 0 radical (unpaired) electrons. The molecule has 28 heavy (non-hydrogen) atoms. The number of carbonyl (C=O) groups excluding carboxylic acids is 1. The summed E-state index contributed by atoms with van der Waals surface area (Å²) in [5.74, 6) is -0.177. The topological polar surface area (TPSA) is 66.9 Å². The van der Waals surface area contributed by atoms with E-state index in [4.69, 9.17) is 4.98 Å². The van der Waals surface area contributed by atoms with Crippen LogP contribution in [0, 0.1) is 0 Å². The van der Waals surface area contributed by atoms with Crippen molar-refractivity contribution in [2.24, 2.45) is 0 Å². The van der Waals surface area contributed by atoms with Gasteiger partial charge in [0.05, 0.1) is 26.5 Å². The fourth-order valence-electron chi connectivity index (χ4n) is 3.03. The van der Waals surface area contributed by atoms with E-state index in [2.05, 4.69) is 15.6 Å². The average Bonchev–Trinajstić information content (AvgIpc) is 3.44. The third kappa shape index (κ3) is 2.95. The lowest BCUT2D eigenvalue weighted by Crippen LogP contribution is -2.11. The Balaban J connectivity index is 1.52. The van der Waals surface area contributed by atoms with Gasteiger partial charge in [0.15, 0.2) is 5.13 Å². The third-order valence-corrected chi connectivity index (χ3v) is 7.24. The highest BCUT2D eigenvalue weighted by atomic mass is 32.1. The number of benzene rings is 1. The molecule has 0 fully saturated rings. The van der Waals surface area contributed by atoms with E-state index in [-0.39, 0.29) is 5.91 Å². The molecule has 0 spiro atoms. The first-order valence-electron chi connectivity index (χ1n) is 8.55. The summed E-state index contributed by atoms with van der Waals surface area (Å²) in [7, 11) is 1.82. The van der Waals surface area contributed by atoms with Crippen molar-refractivity contribution in [3.63, 3.8) is 0 Å². The van der Waals surface area contributed by atoms with Gasteiger partial charge in [0.25, 0.3) is 5.91 Å². The molecule has 5 nitrogen and oxygen atoms in total. The largest absolute Gasteiger partial charge is 0.386 e. The number of para-hydroxylation sites is 1. The number of nitrogens with zero attached hydrogens (tertiary/aromatic N) is 2. The van der Waals surface area contributed by atoms with Crippen molar-refractivity contribution < 1.29 is 4.79 Å². The van der Waals surface area contributed by atoms with E-state index in [0.29, 0.717) is 10.0 Å². The van der Waals surface area contributed by atoms with Crippen LogP contribution in [0.1, 0.15) is 9.67 Å². The number of hydrogen-bond donors (Lipinski definition) is 2. The fourth-order valence-corrected chi connectivity index (χ4v) is 5.66. The van der Waals surface area contributed by atoms with Gasteiger partial charge in [0, 0.05) is 12.4 Å². The molecule has 0 saturated carbocycles. The minimum absolute atomic E-state index is 0.177. The van der Waals surface area contributed by atoms with Crippen molar-refractivity contribution >= 4 is 71.2 Å². The van der Waals surface area contributed by atoms with Gasteiger partial charge in [-0.15, -0.1) is 22.7 Å². The Morgan fingerprint density at radius 3 is 2.68 bits per heavy atom. The van der Waals surface area contributed by atoms with Gasteiger partial charge in [-0.05, 0) is 35.7 Å². The smallest absolute Gasteiger partial charge is 0.269 e. The molecule has 4 aromatic heterocycles. The normalized spacial score (nSPS) is 11.2. The van der Waals surface area contributed by atoms with E-state index in [1.165, 1.54) is 22.7 Å². The molecular formula is C20H14N4OS3. The van der Waals surface area contributed by atoms with Crippen molar-refractivity contribution in [3.05, 3.63) is 58.8 Å². The lowest BCUT2D eigenvalue weighted by molar-refractivity contribution is 0.103. The molecule has 138 valence electrons. The van der Waals surface area contributed by atoms with Crippen LogP contribution in [-0.4, -0.2) is 22.9 Å². The van der Waals surface area contributed by atoms with E-state index in [0.717, 1.165) is 36.7 Å². The summed E-state index contributed by atoms with van der Waals surface area (Å²) in [6.07, 6.45) is 0. The molecule has 2 N–H and O–H groups in total.